The summed E-state index contributed by atoms with van der Waals surface area (Å²) in [7, 11) is 0. The van der Waals surface area contributed by atoms with Gasteiger partial charge in [-0.05, 0) is 133 Å². The van der Waals surface area contributed by atoms with Crippen LogP contribution in [0.4, 0.5) is 0 Å². The van der Waals surface area contributed by atoms with Gasteiger partial charge in [-0.3, -0.25) is 0 Å². The van der Waals surface area contributed by atoms with Gasteiger partial charge in [-0.1, -0.05) is 25.5 Å². The van der Waals surface area contributed by atoms with E-state index in [1.807, 2.05) is 6.07 Å². The van der Waals surface area contributed by atoms with Crippen LogP contribution in [0.15, 0.2) is 34.5 Å². The Morgan fingerprint density at radius 3 is 2.34 bits per heavy atom. The first-order valence-electron chi connectivity index (χ1n) is 17.0. The van der Waals surface area contributed by atoms with Crippen molar-refractivity contribution in [3.63, 3.8) is 0 Å². The van der Waals surface area contributed by atoms with Crippen molar-refractivity contribution in [3.05, 3.63) is 35.8 Å². The van der Waals surface area contributed by atoms with E-state index in [4.69, 9.17) is 13.9 Å². The summed E-state index contributed by atoms with van der Waals surface area (Å²) in [5.74, 6) is 1.70. The van der Waals surface area contributed by atoms with Crippen molar-refractivity contribution in [2.45, 2.75) is 108 Å². The average molecular weight is 567 g/mol. The molecule has 3 saturated carbocycles. The van der Waals surface area contributed by atoms with Gasteiger partial charge in [0.1, 0.15) is 11.4 Å². The van der Waals surface area contributed by atoms with Crippen LogP contribution >= 0.6 is 0 Å². The molecular formula is C35H54N2O4. The molecule has 1 aromatic rings. The van der Waals surface area contributed by atoms with Gasteiger partial charge in [0.2, 0.25) is 0 Å². The maximum Gasteiger partial charge on any atom is 0.136 e. The number of hydrogen-bond donors (Lipinski definition) is 1. The monoisotopic (exact) mass is 566 g/mol. The second-order valence-electron chi connectivity index (χ2n) is 14.9. The summed E-state index contributed by atoms with van der Waals surface area (Å²) in [5.41, 5.74) is 0.0790. The maximum absolute atomic E-state index is 12.9. The molecule has 3 heterocycles. The number of aliphatic hydroxyl groups is 1. The fourth-order valence-corrected chi connectivity index (χ4v) is 10.7. The molecule has 0 radical (unpaired) electrons. The van der Waals surface area contributed by atoms with Gasteiger partial charge in [0.05, 0.1) is 31.2 Å². The quantitative estimate of drug-likeness (QED) is 0.362. The van der Waals surface area contributed by atoms with Gasteiger partial charge in [0, 0.05) is 18.5 Å². The summed E-state index contributed by atoms with van der Waals surface area (Å²) in [6.45, 7) is 13.3. The van der Waals surface area contributed by atoms with Crippen molar-refractivity contribution in [2.75, 3.05) is 52.5 Å². The molecule has 6 aliphatic rings. The topological polar surface area (TPSA) is 58.3 Å². The number of ether oxygens (including phenoxy) is 2. The van der Waals surface area contributed by atoms with Gasteiger partial charge in [-0.25, -0.2) is 0 Å². The molecule has 0 spiro atoms. The van der Waals surface area contributed by atoms with E-state index in [0.717, 1.165) is 70.4 Å². The standard InChI is InChI=1S/C35H54N2O4/c1-32-13-11-28(39-24-21-36-17-3-4-18-36)26-27(32)9-10-30-29(32)12-14-33(2)34(30,38)15-16-35(33,31-8-7-23-40-31)41-25-22-37-19-5-6-20-37/h7-9,23,28-30,38H,3-6,10-22,24-26H2,1-2H3/t28-,29-,30+,32-,33-,34-,35+/m0/s1. The highest BCUT2D eigenvalue weighted by atomic mass is 16.5. The van der Waals surface area contributed by atoms with Crippen LogP contribution in [0.25, 0.3) is 0 Å². The predicted octanol–water partition coefficient (Wildman–Crippen LogP) is 6.15. The number of nitrogens with zero attached hydrogens (tertiary/aromatic N) is 2. The van der Waals surface area contributed by atoms with E-state index in [-0.39, 0.29) is 16.7 Å². The molecule has 4 aliphatic carbocycles. The van der Waals surface area contributed by atoms with Crippen LogP contribution < -0.4 is 0 Å². The third kappa shape index (κ3) is 4.61. The van der Waals surface area contributed by atoms with Gasteiger partial charge in [-0.2, -0.15) is 0 Å². The minimum Gasteiger partial charge on any atom is -0.466 e. The van der Waals surface area contributed by atoms with Crippen LogP contribution in [0.5, 0.6) is 0 Å². The molecule has 41 heavy (non-hydrogen) atoms. The summed E-state index contributed by atoms with van der Waals surface area (Å²) in [6, 6.07) is 4.10. The third-order valence-electron chi connectivity index (χ3n) is 13.2. The minimum atomic E-state index is -0.759. The fraction of sp³-hybridized carbons (Fsp3) is 0.829. The molecule has 6 nitrogen and oxygen atoms in total. The lowest BCUT2D eigenvalue weighted by molar-refractivity contribution is -0.237. The van der Waals surface area contributed by atoms with Gasteiger partial charge < -0.3 is 28.8 Å². The van der Waals surface area contributed by atoms with Gasteiger partial charge in [0.15, 0.2) is 0 Å². The molecule has 1 N–H and O–H groups in total. The molecule has 0 bridgehead atoms. The van der Waals surface area contributed by atoms with Gasteiger partial charge in [0.25, 0.3) is 0 Å². The van der Waals surface area contributed by atoms with E-state index in [1.54, 1.807) is 11.8 Å². The zero-order valence-corrected chi connectivity index (χ0v) is 25.7. The lowest BCUT2D eigenvalue weighted by Gasteiger charge is -2.62. The Morgan fingerprint density at radius 1 is 0.902 bits per heavy atom. The number of rotatable bonds is 9. The number of hydrogen-bond acceptors (Lipinski definition) is 6. The van der Waals surface area contributed by atoms with Crippen LogP contribution in [0.2, 0.25) is 0 Å². The SMILES string of the molecule is C[C@]12CC[C@H]3[C@@H](CC=C4C[C@@H](OCCN5CCCC5)CC[C@@]43C)[C@@]1(O)CC[C@@]2(OCCN1CCCC1)c1ccco1. The van der Waals surface area contributed by atoms with Crippen LogP contribution in [-0.4, -0.2) is 79.1 Å². The molecule has 2 saturated heterocycles. The summed E-state index contributed by atoms with van der Waals surface area (Å²) < 4.78 is 19.6. The number of fused-ring (bicyclic) bond motifs is 5. The molecule has 1 aromatic heterocycles. The largest absolute Gasteiger partial charge is 0.466 e. The van der Waals surface area contributed by atoms with Crippen LogP contribution in [0.1, 0.15) is 96.7 Å². The lowest BCUT2D eigenvalue weighted by Crippen LogP contribution is -2.63. The Bertz CT molecular complexity index is 1080. The van der Waals surface area contributed by atoms with E-state index in [9.17, 15) is 5.11 Å². The second kappa shape index (κ2) is 11.1. The Morgan fingerprint density at radius 2 is 1.63 bits per heavy atom. The molecule has 7 rings (SSSR count). The van der Waals surface area contributed by atoms with Crippen molar-refractivity contribution in [1.82, 2.24) is 9.80 Å². The van der Waals surface area contributed by atoms with Crippen molar-refractivity contribution < 1.29 is 19.0 Å². The normalized spacial score (nSPS) is 43.1. The molecular weight excluding hydrogens is 512 g/mol. The summed E-state index contributed by atoms with van der Waals surface area (Å²) >= 11 is 0. The van der Waals surface area contributed by atoms with E-state index >= 15 is 0 Å². The van der Waals surface area contributed by atoms with E-state index in [0.29, 0.717) is 18.6 Å². The highest BCUT2D eigenvalue weighted by molar-refractivity contribution is 5.32. The Kier molecular flexibility index (Phi) is 7.72. The summed E-state index contributed by atoms with van der Waals surface area (Å²) in [6.07, 6.45) is 18.1. The summed E-state index contributed by atoms with van der Waals surface area (Å²) in [5, 5.41) is 12.9. The molecule has 7 atom stereocenters. The Balaban J connectivity index is 1.08. The number of allylic oxidation sites excluding steroid dienone is 1. The van der Waals surface area contributed by atoms with Crippen LogP contribution in [-0.2, 0) is 15.1 Å². The molecule has 0 amide bonds. The molecule has 2 aliphatic heterocycles. The van der Waals surface area contributed by atoms with E-state index in [1.165, 1.54) is 58.3 Å². The molecule has 6 heteroatoms. The first-order valence-corrected chi connectivity index (χ1v) is 17.0. The maximum atomic E-state index is 12.9. The number of furan rings is 1. The zero-order valence-electron chi connectivity index (χ0n) is 25.7. The smallest absolute Gasteiger partial charge is 0.136 e. The van der Waals surface area contributed by atoms with Gasteiger partial charge in [-0.15, -0.1) is 0 Å². The fourth-order valence-electron chi connectivity index (χ4n) is 10.7. The number of likely N-dealkylation sites (tertiary alicyclic amines) is 2. The Labute approximate surface area is 247 Å². The van der Waals surface area contributed by atoms with Crippen molar-refractivity contribution in [3.8, 4) is 0 Å². The molecule has 0 aromatic carbocycles. The predicted molar refractivity (Wildman–Crippen MR) is 161 cm³/mol. The van der Waals surface area contributed by atoms with Crippen molar-refractivity contribution in [2.24, 2.45) is 22.7 Å². The lowest BCUT2D eigenvalue weighted by atomic mass is 9.45. The van der Waals surface area contributed by atoms with Crippen LogP contribution in [0, 0.1) is 22.7 Å². The second-order valence-corrected chi connectivity index (χ2v) is 14.9. The molecule has 0 unspecified atom stereocenters. The molecule has 5 fully saturated rings. The summed E-state index contributed by atoms with van der Waals surface area (Å²) in [4.78, 5) is 5.08. The Hall–Kier alpha value is -1.18. The first kappa shape index (κ1) is 28.6. The highest BCUT2D eigenvalue weighted by Gasteiger charge is 2.73. The van der Waals surface area contributed by atoms with Crippen LogP contribution in [0.3, 0.4) is 0 Å². The van der Waals surface area contributed by atoms with E-state index < -0.39 is 11.2 Å². The van der Waals surface area contributed by atoms with E-state index in [2.05, 4.69) is 35.8 Å². The third-order valence-corrected chi connectivity index (χ3v) is 13.2. The van der Waals surface area contributed by atoms with Gasteiger partial charge >= 0.3 is 0 Å². The highest BCUT2D eigenvalue weighted by Crippen LogP contribution is 2.71. The first-order chi connectivity index (χ1) is 19.9. The molecule has 228 valence electrons. The minimum absolute atomic E-state index is 0.168. The average Bonchev–Trinajstić information content (AvgIpc) is 3.79. The van der Waals surface area contributed by atoms with Crippen molar-refractivity contribution in [1.29, 1.82) is 0 Å². The van der Waals surface area contributed by atoms with Crippen molar-refractivity contribution >= 4 is 0 Å². The zero-order chi connectivity index (χ0) is 28.1.